The second-order valence-corrected chi connectivity index (χ2v) is 3.78. The molecular formula is C11H16ClN5O2. The van der Waals surface area contributed by atoms with Gasteiger partial charge in [0.05, 0.1) is 18.7 Å². The molecule has 2 aromatic rings. The summed E-state index contributed by atoms with van der Waals surface area (Å²) in [6.45, 7) is 0.303. The van der Waals surface area contributed by atoms with Gasteiger partial charge in [0.2, 0.25) is 5.91 Å². The van der Waals surface area contributed by atoms with Crippen LogP contribution >= 0.6 is 12.4 Å². The number of nitrogens with zero attached hydrogens (tertiary/aromatic N) is 3. The number of carbonyl (C=O) groups is 1. The summed E-state index contributed by atoms with van der Waals surface area (Å²) in [7, 11) is 1.53. The van der Waals surface area contributed by atoms with Crippen LogP contribution in [0, 0.1) is 0 Å². The number of nitrogens with one attached hydrogen (secondary N) is 1. The van der Waals surface area contributed by atoms with Gasteiger partial charge in [0.25, 0.3) is 0 Å². The highest BCUT2D eigenvalue weighted by Crippen LogP contribution is 2.09. The zero-order valence-electron chi connectivity index (χ0n) is 10.4. The Morgan fingerprint density at radius 1 is 1.53 bits per heavy atom. The largest absolute Gasteiger partial charge is 0.380 e. The average Bonchev–Trinajstić information content (AvgIpc) is 2.85. The molecule has 2 rings (SSSR count). The summed E-state index contributed by atoms with van der Waals surface area (Å²) in [6.07, 6.45) is 3.16. The number of aromatic nitrogens is 3. The summed E-state index contributed by atoms with van der Waals surface area (Å²) < 4.78 is 6.62. The summed E-state index contributed by atoms with van der Waals surface area (Å²) in [5.74, 6) is 0.400. The number of hydrogen-bond acceptors (Lipinski definition) is 5. The van der Waals surface area contributed by atoms with Crippen molar-refractivity contribution in [3.63, 3.8) is 0 Å². The fourth-order valence-electron chi connectivity index (χ4n) is 1.59. The fourth-order valence-corrected chi connectivity index (χ4v) is 1.59. The van der Waals surface area contributed by atoms with Crippen molar-refractivity contribution in [1.82, 2.24) is 14.6 Å². The summed E-state index contributed by atoms with van der Waals surface area (Å²) in [4.78, 5) is 15.9. The predicted octanol–water partition coefficient (Wildman–Crippen LogP) is 0.453. The average molecular weight is 286 g/mol. The predicted molar refractivity (Wildman–Crippen MR) is 73.3 cm³/mol. The van der Waals surface area contributed by atoms with Crippen molar-refractivity contribution in [1.29, 1.82) is 0 Å². The number of methoxy groups -OCH3 is 1. The van der Waals surface area contributed by atoms with Crippen LogP contribution in [0.25, 0.3) is 5.65 Å². The van der Waals surface area contributed by atoms with Crippen molar-refractivity contribution in [2.24, 2.45) is 5.73 Å². The van der Waals surface area contributed by atoms with Crippen molar-refractivity contribution < 1.29 is 9.53 Å². The third-order valence-electron chi connectivity index (χ3n) is 2.57. The number of fused-ring (bicyclic) bond motifs is 1. The fraction of sp³-hybridized carbons (Fsp3) is 0.364. The Balaban J connectivity index is 0.00000180. The zero-order chi connectivity index (χ0) is 13.0. The first-order valence-electron chi connectivity index (χ1n) is 5.56. The normalized spacial score (nSPS) is 11.9. The second-order valence-electron chi connectivity index (χ2n) is 3.78. The number of carbonyl (C=O) groups excluding carboxylic acids is 1. The van der Waals surface area contributed by atoms with Gasteiger partial charge in [0.1, 0.15) is 5.82 Å². The first-order chi connectivity index (χ1) is 8.74. The third-order valence-corrected chi connectivity index (χ3v) is 2.57. The van der Waals surface area contributed by atoms with Gasteiger partial charge in [-0.15, -0.1) is 12.4 Å². The van der Waals surface area contributed by atoms with Crippen LogP contribution in [0.4, 0.5) is 5.82 Å². The molecule has 2 heterocycles. The molecular weight excluding hydrogens is 270 g/mol. The van der Waals surface area contributed by atoms with Crippen LogP contribution in [0.15, 0.2) is 24.5 Å². The van der Waals surface area contributed by atoms with Gasteiger partial charge in [-0.2, -0.15) is 9.61 Å². The SMILES string of the molecule is COC(CN)CC(=O)Nc1ccnc2ccnn12.Cl. The molecule has 0 saturated carbocycles. The highest BCUT2D eigenvalue weighted by Gasteiger charge is 2.12. The zero-order valence-corrected chi connectivity index (χ0v) is 11.3. The lowest BCUT2D eigenvalue weighted by Crippen LogP contribution is -2.28. The summed E-state index contributed by atoms with van der Waals surface area (Å²) in [6, 6.07) is 3.44. The molecule has 1 amide bonds. The maximum Gasteiger partial charge on any atom is 0.228 e. The minimum atomic E-state index is -0.278. The number of nitrogens with two attached hydrogens (primary N) is 1. The van der Waals surface area contributed by atoms with E-state index in [-0.39, 0.29) is 30.8 Å². The van der Waals surface area contributed by atoms with E-state index < -0.39 is 0 Å². The summed E-state index contributed by atoms with van der Waals surface area (Å²) >= 11 is 0. The van der Waals surface area contributed by atoms with E-state index in [2.05, 4.69) is 15.4 Å². The summed E-state index contributed by atoms with van der Waals surface area (Å²) in [5.41, 5.74) is 6.14. The van der Waals surface area contributed by atoms with Gasteiger partial charge in [-0.25, -0.2) is 4.98 Å². The molecule has 0 aromatic carbocycles. The van der Waals surface area contributed by atoms with Gasteiger partial charge in [0, 0.05) is 25.9 Å². The summed E-state index contributed by atoms with van der Waals surface area (Å²) in [5, 5.41) is 6.83. The number of hydrogen-bond donors (Lipinski definition) is 2. The van der Waals surface area contributed by atoms with E-state index in [0.717, 1.165) is 0 Å². The van der Waals surface area contributed by atoms with Gasteiger partial charge in [-0.05, 0) is 6.07 Å². The molecule has 0 aliphatic carbocycles. The van der Waals surface area contributed by atoms with Crippen molar-refractivity contribution in [3.05, 3.63) is 24.5 Å². The molecule has 1 unspecified atom stereocenters. The van der Waals surface area contributed by atoms with Crippen LogP contribution in [0.5, 0.6) is 0 Å². The number of rotatable bonds is 5. The molecule has 0 aliphatic heterocycles. The highest BCUT2D eigenvalue weighted by atomic mass is 35.5. The van der Waals surface area contributed by atoms with E-state index in [1.807, 2.05) is 0 Å². The highest BCUT2D eigenvalue weighted by molar-refractivity contribution is 5.90. The molecule has 0 spiro atoms. The van der Waals surface area contributed by atoms with E-state index in [9.17, 15) is 4.79 Å². The molecule has 0 bridgehead atoms. The quantitative estimate of drug-likeness (QED) is 0.832. The van der Waals surface area contributed by atoms with Crippen LogP contribution in [0.3, 0.4) is 0 Å². The van der Waals surface area contributed by atoms with E-state index in [4.69, 9.17) is 10.5 Å². The molecule has 104 valence electrons. The van der Waals surface area contributed by atoms with Gasteiger partial charge >= 0.3 is 0 Å². The number of amides is 1. The van der Waals surface area contributed by atoms with Crippen molar-refractivity contribution in [3.8, 4) is 0 Å². The lowest BCUT2D eigenvalue weighted by atomic mass is 10.2. The second kappa shape index (κ2) is 7.03. The van der Waals surface area contributed by atoms with E-state index in [0.29, 0.717) is 18.0 Å². The van der Waals surface area contributed by atoms with Crippen LogP contribution in [-0.4, -0.2) is 40.3 Å². The lowest BCUT2D eigenvalue weighted by Gasteiger charge is -2.12. The molecule has 0 aliphatic rings. The van der Waals surface area contributed by atoms with Crippen molar-refractivity contribution >= 4 is 29.8 Å². The maximum absolute atomic E-state index is 11.8. The van der Waals surface area contributed by atoms with E-state index >= 15 is 0 Å². The molecule has 2 aromatic heterocycles. The van der Waals surface area contributed by atoms with E-state index in [1.54, 1.807) is 29.0 Å². The Hall–Kier alpha value is -1.70. The monoisotopic (exact) mass is 285 g/mol. The van der Waals surface area contributed by atoms with Gasteiger partial charge < -0.3 is 15.8 Å². The molecule has 1 atom stereocenters. The third kappa shape index (κ3) is 3.63. The minimum Gasteiger partial charge on any atom is -0.380 e. The molecule has 0 radical (unpaired) electrons. The van der Waals surface area contributed by atoms with Crippen molar-refractivity contribution in [2.75, 3.05) is 19.0 Å². The lowest BCUT2D eigenvalue weighted by molar-refractivity contribution is -0.118. The molecule has 7 nitrogen and oxygen atoms in total. The Kier molecular flexibility index (Phi) is 5.68. The van der Waals surface area contributed by atoms with Crippen LogP contribution in [-0.2, 0) is 9.53 Å². The Bertz CT molecular complexity index is 541. The molecule has 19 heavy (non-hydrogen) atoms. The number of anilines is 1. The molecule has 0 fully saturated rings. The smallest absolute Gasteiger partial charge is 0.228 e. The molecule has 8 heteroatoms. The van der Waals surface area contributed by atoms with Crippen LogP contribution < -0.4 is 11.1 Å². The van der Waals surface area contributed by atoms with Gasteiger partial charge in [-0.3, -0.25) is 4.79 Å². The van der Waals surface area contributed by atoms with Gasteiger partial charge in [-0.1, -0.05) is 0 Å². The Morgan fingerprint density at radius 2 is 2.32 bits per heavy atom. The van der Waals surface area contributed by atoms with E-state index in [1.165, 1.54) is 7.11 Å². The molecule has 3 N–H and O–H groups in total. The Labute approximate surface area is 116 Å². The number of halogens is 1. The van der Waals surface area contributed by atoms with Crippen LogP contribution in [0.1, 0.15) is 6.42 Å². The minimum absolute atomic E-state index is 0. The maximum atomic E-state index is 11.8. The number of ether oxygens (including phenoxy) is 1. The Morgan fingerprint density at radius 3 is 3.00 bits per heavy atom. The topological polar surface area (TPSA) is 94.5 Å². The van der Waals surface area contributed by atoms with Gasteiger partial charge in [0.15, 0.2) is 5.65 Å². The first-order valence-corrected chi connectivity index (χ1v) is 5.56. The standard InChI is InChI=1S/C11H15N5O2.ClH/c1-18-8(7-12)6-11(17)15-10-2-4-13-9-3-5-14-16(9)10;/h2-5,8H,6-7,12H2,1H3,(H,15,17);1H. The first kappa shape index (κ1) is 15.4. The molecule has 0 saturated heterocycles. The van der Waals surface area contributed by atoms with Crippen molar-refractivity contribution in [2.45, 2.75) is 12.5 Å². The van der Waals surface area contributed by atoms with Crippen LogP contribution in [0.2, 0.25) is 0 Å².